The van der Waals surface area contributed by atoms with Crippen LogP contribution in [0.3, 0.4) is 0 Å². The molecule has 64 valence electrons. The molecule has 0 saturated carbocycles. The molecule has 0 aromatic rings. The van der Waals surface area contributed by atoms with Gasteiger partial charge in [0, 0.05) is 11.8 Å². The van der Waals surface area contributed by atoms with Gasteiger partial charge in [-0.3, -0.25) is 0 Å². The minimum absolute atomic E-state index is 0.332. The second-order valence-corrected chi connectivity index (χ2v) is 3.41. The Labute approximate surface area is 76.4 Å². The molecule has 1 rings (SSSR count). The van der Waals surface area contributed by atoms with Crippen LogP contribution in [0.2, 0.25) is 0 Å². The number of aliphatic imine (C=N–C) groups is 3. The monoisotopic (exact) mass is 181 g/mol. The van der Waals surface area contributed by atoms with Crippen molar-refractivity contribution in [3.05, 3.63) is 5.03 Å². The molecule has 0 unspecified atom stereocenters. The third-order valence-electron chi connectivity index (χ3n) is 1.33. The zero-order valence-electron chi connectivity index (χ0n) is 7.40. The fraction of sp³-hybridized carbons (Fsp3) is 0.500. The molecule has 12 heavy (non-hydrogen) atoms. The van der Waals surface area contributed by atoms with E-state index in [9.17, 15) is 0 Å². The number of amidine groups is 1. The quantitative estimate of drug-likeness (QED) is 0.641. The average molecular weight is 181 g/mol. The Morgan fingerprint density at radius 1 is 1.50 bits per heavy atom. The lowest BCUT2D eigenvalue weighted by molar-refractivity contribution is 0.873. The molecule has 0 saturated heterocycles. The Bertz CT molecular complexity index is 283. The fourth-order valence-electron chi connectivity index (χ4n) is 0.699. The van der Waals surface area contributed by atoms with Crippen molar-refractivity contribution in [2.75, 3.05) is 6.26 Å². The summed E-state index contributed by atoms with van der Waals surface area (Å²) < 4.78 is 0. The van der Waals surface area contributed by atoms with Crippen LogP contribution >= 0.6 is 11.8 Å². The maximum Gasteiger partial charge on any atom is 0.159 e. The molecule has 4 heteroatoms. The van der Waals surface area contributed by atoms with Gasteiger partial charge in [-0.15, -0.1) is 0 Å². The highest BCUT2D eigenvalue weighted by molar-refractivity contribution is 8.02. The Kier molecular flexibility index (Phi) is 3.26. The molecule has 0 N–H and O–H groups in total. The number of hydrogen-bond donors (Lipinski definition) is 0. The molecular weight excluding hydrogens is 170 g/mol. The van der Waals surface area contributed by atoms with E-state index in [1.54, 1.807) is 0 Å². The first-order valence-corrected chi connectivity index (χ1v) is 4.94. The van der Waals surface area contributed by atoms with E-state index in [2.05, 4.69) is 34.7 Å². The molecule has 0 amide bonds. The highest BCUT2D eigenvalue weighted by Crippen LogP contribution is 2.13. The van der Waals surface area contributed by atoms with Gasteiger partial charge in [-0.2, -0.15) is 4.99 Å². The fourth-order valence-corrected chi connectivity index (χ4v) is 1.03. The van der Waals surface area contributed by atoms with Gasteiger partial charge in [0.15, 0.2) is 5.03 Å². The summed E-state index contributed by atoms with van der Waals surface area (Å²) in [6.07, 6.45) is 3.44. The zero-order chi connectivity index (χ0) is 8.97. The molecule has 0 aromatic heterocycles. The van der Waals surface area contributed by atoms with Gasteiger partial charge in [-0.05, 0) is 6.26 Å². The van der Waals surface area contributed by atoms with Crippen molar-refractivity contribution < 1.29 is 0 Å². The number of hydrogen-bond acceptors (Lipinski definition) is 4. The van der Waals surface area contributed by atoms with Crippen molar-refractivity contribution in [3.8, 4) is 0 Å². The van der Waals surface area contributed by atoms with Crippen LogP contribution in [0.25, 0.3) is 0 Å². The first-order chi connectivity index (χ1) is 5.74. The van der Waals surface area contributed by atoms with Crippen molar-refractivity contribution in [1.82, 2.24) is 0 Å². The van der Waals surface area contributed by atoms with E-state index in [1.807, 2.05) is 6.26 Å². The van der Waals surface area contributed by atoms with Crippen molar-refractivity contribution in [2.24, 2.45) is 20.9 Å². The van der Waals surface area contributed by atoms with Crippen LogP contribution < -0.4 is 0 Å². The average Bonchev–Trinajstić information content (AvgIpc) is 2.28. The lowest BCUT2D eigenvalue weighted by Crippen LogP contribution is -2.03. The smallest absolute Gasteiger partial charge is 0.159 e. The number of rotatable bonds is 2. The van der Waals surface area contributed by atoms with E-state index >= 15 is 0 Å². The highest BCUT2D eigenvalue weighted by Gasteiger charge is 2.05. The Hall–Kier alpha value is -0.860. The molecule has 0 fully saturated rings. The second-order valence-electron chi connectivity index (χ2n) is 2.62. The van der Waals surface area contributed by atoms with E-state index < -0.39 is 0 Å². The van der Waals surface area contributed by atoms with E-state index in [-0.39, 0.29) is 0 Å². The van der Waals surface area contributed by atoms with E-state index in [0.717, 1.165) is 10.9 Å². The minimum Gasteiger partial charge on any atom is -0.220 e. The molecule has 3 nitrogen and oxygen atoms in total. The third-order valence-corrected chi connectivity index (χ3v) is 1.90. The molecular formula is C8H11N3S. The predicted octanol–water partition coefficient (Wildman–Crippen LogP) is 1.96. The van der Waals surface area contributed by atoms with Gasteiger partial charge in [0.1, 0.15) is 12.2 Å². The molecule has 1 heterocycles. The first-order valence-electron chi connectivity index (χ1n) is 3.72. The summed E-state index contributed by atoms with van der Waals surface area (Å²) >= 11 is 1.52. The molecule has 0 bridgehead atoms. The molecule has 0 radical (unpaired) electrons. The van der Waals surface area contributed by atoms with Gasteiger partial charge in [0.25, 0.3) is 0 Å². The molecule has 0 spiro atoms. The SMILES string of the molecule is CSC1=C=NC=NC(C(C)C)=N1. The number of nitrogens with zero attached hydrogens (tertiary/aromatic N) is 3. The third kappa shape index (κ3) is 2.32. The van der Waals surface area contributed by atoms with Crippen molar-refractivity contribution >= 4 is 29.8 Å². The predicted molar refractivity (Wildman–Crippen MR) is 55.2 cm³/mol. The topological polar surface area (TPSA) is 37.1 Å². The number of thioether (sulfide) groups is 1. The maximum atomic E-state index is 4.29. The molecule has 0 aromatic carbocycles. The second kappa shape index (κ2) is 4.24. The summed E-state index contributed by atoms with van der Waals surface area (Å²) in [5.74, 6) is 3.93. The van der Waals surface area contributed by atoms with Crippen LogP contribution in [0.5, 0.6) is 0 Å². The van der Waals surface area contributed by atoms with Crippen LogP contribution in [-0.4, -0.2) is 24.3 Å². The van der Waals surface area contributed by atoms with Crippen LogP contribution in [0.1, 0.15) is 13.8 Å². The summed E-state index contributed by atoms with van der Waals surface area (Å²) in [4.78, 5) is 12.2. The molecule has 0 atom stereocenters. The Morgan fingerprint density at radius 2 is 2.25 bits per heavy atom. The highest BCUT2D eigenvalue weighted by atomic mass is 32.2. The van der Waals surface area contributed by atoms with E-state index in [1.165, 1.54) is 18.1 Å². The van der Waals surface area contributed by atoms with E-state index in [4.69, 9.17) is 0 Å². The summed E-state index contributed by atoms with van der Waals surface area (Å²) in [6, 6.07) is 0. The van der Waals surface area contributed by atoms with Crippen LogP contribution in [-0.2, 0) is 0 Å². The maximum absolute atomic E-state index is 4.29. The van der Waals surface area contributed by atoms with Gasteiger partial charge in [0.2, 0.25) is 0 Å². The van der Waals surface area contributed by atoms with Crippen LogP contribution in [0, 0.1) is 5.92 Å². The van der Waals surface area contributed by atoms with Crippen molar-refractivity contribution in [1.29, 1.82) is 0 Å². The Morgan fingerprint density at radius 3 is 2.83 bits per heavy atom. The summed E-state index contributed by atoms with van der Waals surface area (Å²) in [6.45, 7) is 4.11. The lowest BCUT2D eigenvalue weighted by atomic mass is 10.2. The summed E-state index contributed by atoms with van der Waals surface area (Å²) in [7, 11) is 0. The van der Waals surface area contributed by atoms with Gasteiger partial charge >= 0.3 is 0 Å². The molecule has 1 aliphatic rings. The van der Waals surface area contributed by atoms with Crippen LogP contribution in [0.15, 0.2) is 20.0 Å². The normalized spacial score (nSPS) is 16.0. The lowest BCUT2D eigenvalue weighted by Gasteiger charge is -2.01. The first kappa shape index (κ1) is 9.23. The summed E-state index contributed by atoms with van der Waals surface area (Å²) in [5.41, 5.74) is 0. The standard InChI is InChI=1S/C8H11N3S/c1-6(2)8-10-5-9-4-7(11-8)12-3/h5-6H,1-3H3. The largest absolute Gasteiger partial charge is 0.220 e. The van der Waals surface area contributed by atoms with Gasteiger partial charge in [-0.25, -0.2) is 9.98 Å². The van der Waals surface area contributed by atoms with Crippen molar-refractivity contribution in [3.63, 3.8) is 0 Å². The van der Waals surface area contributed by atoms with Crippen LogP contribution in [0.4, 0.5) is 0 Å². The van der Waals surface area contributed by atoms with Crippen molar-refractivity contribution in [2.45, 2.75) is 13.8 Å². The Balaban J connectivity index is 2.93. The molecule has 0 aliphatic carbocycles. The minimum atomic E-state index is 0.332. The summed E-state index contributed by atoms with van der Waals surface area (Å²) in [5, 5.41) is 0.788. The molecule has 1 aliphatic heterocycles. The van der Waals surface area contributed by atoms with Gasteiger partial charge in [-0.1, -0.05) is 25.6 Å². The van der Waals surface area contributed by atoms with E-state index in [0.29, 0.717) is 5.92 Å². The van der Waals surface area contributed by atoms with Gasteiger partial charge < -0.3 is 0 Å². The zero-order valence-corrected chi connectivity index (χ0v) is 8.22. The van der Waals surface area contributed by atoms with Gasteiger partial charge in [0.05, 0.1) is 0 Å².